The fraction of sp³-hybridized carbons (Fsp3) is 0.500. The first-order chi connectivity index (χ1) is 8.65. The van der Waals surface area contributed by atoms with Crippen molar-refractivity contribution in [2.75, 3.05) is 25.4 Å². The maximum absolute atomic E-state index is 12.1. The fourth-order valence-electron chi connectivity index (χ4n) is 2.16. The third-order valence-corrected chi connectivity index (χ3v) is 4.76. The van der Waals surface area contributed by atoms with Crippen LogP contribution in [0.25, 0.3) is 0 Å². The van der Waals surface area contributed by atoms with Crippen molar-refractivity contribution in [3.05, 3.63) is 34.3 Å². The molecule has 98 valence electrons. The molecule has 1 unspecified atom stereocenters. The standard InChI is InChI=1S/C14H18BrNOS/c1-11-10-16(7-8-18-11)6-5-14(17)12-3-2-4-13(15)9-12/h2-4,9,11H,5-8,10H2,1H3. The first-order valence-electron chi connectivity index (χ1n) is 6.28. The van der Waals surface area contributed by atoms with E-state index in [0.717, 1.165) is 29.7 Å². The lowest BCUT2D eigenvalue weighted by molar-refractivity contribution is 0.0965. The zero-order valence-electron chi connectivity index (χ0n) is 10.6. The summed E-state index contributed by atoms with van der Waals surface area (Å²) in [5, 5.41) is 0.694. The molecule has 1 aromatic rings. The summed E-state index contributed by atoms with van der Waals surface area (Å²) in [5.74, 6) is 1.42. The second kappa shape index (κ2) is 6.73. The van der Waals surface area contributed by atoms with Gasteiger partial charge >= 0.3 is 0 Å². The zero-order chi connectivity index (χ0) is 13.0. The van der Waals surface area contributed by atoms with Crippen LogP contribution in [0.2, 0.25) is 0 Å². The Morgan fingerprint density at radius 3 is 3.11 bits per heavy atom. The van der Waals surface area contributed by atoms with E-state index >= 15 is 0 Å². The molecule has 2 rings (SSSR count). The molecule has 0 spiro atoms. The lowest BCUT2D eigenvalue weighted by Gasteiger charge is -2.30. The van der Waals surface area contributed by atoms with Crippen molar-refractivity contribution in [1.29, 1.82) is 0 Å². The largest absolute Gasteiger partial charge is 0.301 e. The molecule has 2 nitrogen and oxygen atoms in total. The molecule has 18 heavy (non-hydrogen) atoms. The normalized spacial score (nSPS) is 20.9. The van der Waals surface area contributed by atoms with E-state index in [2.05, 4.69) is 27.8 Å². The van der Waals surface area contributed by atoms with Crippen molar-refractivity contribution in [3.8, 4) is 0 Å². The summed E-state index contributed by atoms with van der Waals surface area (Å²) in [7, 11) is 0. The molecule has 1 aromatic carbocycles. The Kier molecular flexibility index (Phi) is 5.27. The quantitative estimate of drug-likeness (QED) is 0.790. The van der Waals surface area contributed by atoms with Gasteiger partial charge in [-0.25, -0.2) is 0 Å². The number of ketones is 1. The molecule has 4 heteroatoms. The van der Waals surface area contributed by atoms with Gasteiger partial charge in [0.15, 0.2) is 5.78 Å². The predicted molar refractivity (Wildman–Crippen MR) is 81.4 cm³/mol. The van der Waals surface area contributed by atoms with Crippen molar-refractivity contribution in [2.24, 2.45) is 0 Å². The van der Waals surface area contributed by atoms with Gasteiger partial charge in [-0.3, -0.25) is 4.79 Å². The van der Waals surface area contributed by atoms with Crippen LogP contribution in [0.15, 0.2) is 28.7 Å². The van der Waals surface area contributed by atoms with E-state index in [4.69, 9.17) is 0 Å². The van der Waals surface area contributed by atoms with Gasteiger partial charge in [0, 0.05) is 47.1 Å². The Bertz CT molecular complexity index is 424. The van der Waals surface area contributed by atoms with Gasteiger partial charge in [-0.15, -0.1) is 0 Å². The van der Waals surface area contributed by atoms with E-state index in [1.165, 1.54) is 5.75 Å². The molecule has 0 bridgehead atoms. The number of hydrogen-bond acceptors (Lipinski definition) is 3. The van der Waals surface area contributed by atoms with Crippen LogP contribution in [-0.4, -0.2) is 41.3 Å². The van der Waals surface area contributed by atoms with Gasteiger partial charge in [0.25, 0.3) is 0 Å². The van der Waals surface area contributed by atoms with Gasteiger partial charge in [0.1, 0.15) is 0 Å². The maximum atomic E-state index is 12.1. The molecule has 0 amide bonds. The van der Waals surface area contributed by atoms with Gasteiger partial charge in [-0.1, -0.05) is 35.0 Å². The van der Waals surface area contributed by atoms with Crippen molar-refractivity contribution in [1.82, 2.24) is 4.90 Å². The summed E-state index contributed by atoms with van der Waals surface area (Å²) in [5.41, 5.74) is 0.809. The molecule has 0 saturated carbocycles. The van der Waals surface area contributed by atoms with Crippen LogP contribution in [-0.2, 0) is 0 Å². The van der Waals surface area contributed by atoms with E-state index in [1.807, 2.05) is 36.0 Å². The molecule has 1 heterocycles. The van der Waals surface area contributed by atoms with Crippen LogP contribution >= 0.6 is 27.7 Å². The zero-order valence-corrected chi connectivity index (χ0v) is 13.0. The number of carbonyl (C=O) groups is 1. The summed E-state index contributed by atoms with van der Waals surface area (Å²) < 4.78 is 0.969. The van der Waals surface area contributed by atoms with Crippen LogP contribution in [0.3, 0.4) is 0 Å². The molecule has 0 aliphatic carbocycles. The van der Waals surface area contributed by atoms with E-state index in [9.17, 15) is 4.79 Å². The average Bonchev–Trinajstić information content (AvgIpc) is 2.36. The highest BCUT2D eigenvalue weighted by Crippen LogP contribution is 2.18. The third kappa shape index (κ3) is 4.11. The Balaban J connectivity index is 1.84. The summed E-state index contributed by atoms with van der Waals surface area (Å²) in [6, 6.07) is 7.65. The lowest BCUT2D eigenvalue weighted by Crippen LogP contribution is -2.37. The SMILES string of the molecule is CC1CN(CCC(=O)c2cccc(Br)c2)CCS1. The van der Waals surface area contributed by atoms with E-state index in [1.54, 1.807) is 0 Å². The van der Waals surface area contributed by atoms with Crippen LogP contribution in [0, 0.1) is 0 Å². The average molecular weight is 328 g/mol. The van der Waals surface area contributed by atoms with Gasteiger partial charge in [0.05, 0.1) is 0 Å². The molecular formula is C14H18BrNOS. The third-order valence-electron chi connectivity index (χ3n) is 3.13. The second-order valence-electron chi connectivity index (χ2n) is 4.67. The number of halogens is 1. The number of Topliss-reactive ketones (excluding diaryl/α,β-unsaturated/α-hetero) is 1. The van der Waals surface area contributed by atoms with Gasteiger partial charge in [-0.05, 0) is 12.1 Å². The summed E-state index contributed by atoms with van der Waals surface area (Å²) in [6.45, 7) is 5.36. The minimum absolute atomic E-state index is 0.238. The molecule has 1 aliphatic heterocycles. The number of nitrogens with zero attached hydrogens (tertiary/aromatic N) is 1. The number of rotatable bonds is 4. The highest BCUT2D eigenvalue weighted by Gasteiger charge is 2.17. The van der Waals surface area contributed by atoms with Crippen LogP contribution in [0.4, 0.5) is 0 Å². The van der Waals surface area contributed by atoms with Crippen molar-refractivity contribution >= 4 is 33.5 Å². The minimum atomic E-state index is 0.238. The minimum Gasteiger partial charge on any atom is -0.301 e. The molecule has 0 aromatic heterocycles. The second-order valence-corrected chi connectivity index (χ2v) is 7.13. The van der Waals surface area contributed by atoms with Crippen LogP contribution in [0.5, 0.6) is 0 Å². The van der Waals surface area contributed by atoms with Gasteiger partial charge in [0.2, 0.25) is 0 Å². The molecular weight excluding hydrogens is 310 g/mol. The highest BCUT2D eigenvalue weighted by molar-refractivity contribution is 9.10. The van der Waals surface area contributed by atoms with Crippen molar-refractivity contribution < 1.29 is 4.79 Å². The Morgan fingerprint density at radius 2 is 2.39 bits per heavy atom. The predicted octanol–water partition coefficient (Wildman–Crippen LogP) is 3.46. The number of thioether (sulfide) groups is 1. The van der Waals surface area contributed by atoms with Crippen molar-refractivity contribution in [2.45, 2.75) is 18.6 Å². The Labute approximate surface area is 121 Å². The first-order valence-corrected chi connectivity index (χ1v) is 8.12. The van der Waals surface area contributed by atoms with Gasteiger partial charge in [-0.2, -0.15) is 11.8 Å². The molecule has 1 aliphatic rings. The number of benzene rings is 1. The Hall–Kier alpha value is -0.320. The topological polar surface area (TPSA) is 20.3 Å². The monoisotopic (exact) mass is 327 g/mol. The molecule has 0 radical (unpaired) electrons. The first kappa shape index (κ1) is 14.1. The maximum Gasteiger partial charge on any atom is 0.164 e. The van der Waals surface area contributed by atoms with Crippen molar-refractivity contribution in [3.63, 3.8) is 0 Å². The van der Waals surface area contributed by atoms with E-state index < -0.39 is 0 Å². The fourth-order valence-corrected chi connectivity index (χ4v) is 3.64. The highest BCUT2D eigenvalue weighted by atomic mass is 79.9. The van der Waals surface area contributed by atoms with Gasteiger partial charge < -0.3 is 4.90 Å². The summed E-state index contributed by atoms with van der Waals surface area (Å²) >= 11 is 5.42. The van der Waals surface area contributed by atoms with Crippen LogP contribution < -0.4 is 0 Å². The number of hydrogen-bond donors (Lipinski definition) is 0. The molecule has 0 N–H and O–H groups in total. The molecule has 1 saturated heterocycles. The van der Waals surface area contributed by atoms with E-state index in [-0.39, 0.29) is 5.78 Å². The van der Waals surface area contributed by atoms with E-state index in [0.29, 0.717) is 11.7 Å². The van der Waals surface area contributed by atoms with Crippen LogP contribution in [0.1, 0.15) is 23.7 Å². The molecule has 1 fully saturated rings. The number of carbonyl (C=O) groups excluding carboxylic acids is 1. The summed E-state index contributed by atoms with van der Waals surface area (Å²) in [6.07, 6.45) is 0.619. The summed E-state index contributed by atoms with van der Waals surface area (Å²) in [4.78, 5) is 14.5. The smallest absolute Gasteiger partial charge is 0.164 e. The molecule has 1 atom stereocenters. The lowest BCUT2D eigenvalue weighted by atomic mass is 10.1. The Morgan fingerprint density at radius 1 is 1.56 bits per heavy atom.